The Morgan fingerprint density at radius 2 is 1.75 bits per heavy atom. The molecule has 0 atom stereocenters. The number of rotatable bonds is 6. The third-order valence-corrected chi connectivity index (χ3v) is 6.28. The van der Waals surface area contributed by atoms with Crippen molar-refractivity contribution in [3.05, 3.63) is 79.1 Å². The van der Waals surface area contributed by atoms with Crippen molar-refractivity contribution in [2.45, 2.75) is 6.92 Å². The molecule has 1 fully saturated rings. The number of pyridine rings is 1. The average molecular weight is 480 g/mol. The summed E-state index contributed by atoms with van der Waals surface area (Å²) in [5, 5.41) is 7.07. The van der Waals surface area contributed by atoms with Crippen LogP contribution >= 0.6 is 0 Å². The Labute approximate surface area is 210 Å². The number of hydrogen-bond donors (Lipinski definition) is 2. The first-order valence-corrected chi connectivity index (χ1v) is 12.0. The molecular formula is C28H29N7O. The van der Waals surface area contributed by atoms with Crippen LogP contribution in [0.5, 0.6) is 0 Å². The van der Waals surface area contributed by atoms with Crippen molar-refractivity contribution in [2.75, 3.05) is 48.8 Å². The van der Waals surface area contributed by atoms with Gasteiger partial charge in [-0.1, -0.05) is 24.8 Å². The Hall–Kier alpha value is -4.30. The Kier molecular flexibility index (Phi) is 6.60. The van der Waals surface area contributed by atoms with Gasteiger partial charge in [0.1, 0.15) is 0 Å². The standard InChI is InChI=1S/C28H29N7O/c1-19(2)27(36)31-22-11-12-29-25(17-22)24-6-4-5-20-18-30-28(33-26(20)24)32-21-7-9-23(10-8-21)35-15-13-34(3)14-16-35/h4-12,17-18H,1,13-16H2,2-3H3,(H,29,31,36)(H,30,32,33). The number of benzene rings is 2. The van der Waals surface area contributed by atoms with Crippen LogP contribution in [-0.4, -0.2) is 59.0 Å². The van der Waals surface area contributed by atoms with Gasteiger partial charge in [-0.15, -0.1) is 0 Å². The molecule has 4 aromatic rings. The van der Waals surface area contributed by atoms with E-state index in [1.807, 2.05) is 24.3 Å². The van der Waals surface area contributed by atoms with Gasteiger partial charge < -0.3 is 20.4 Å². The molecule has 0 unspecified atom stereocenters. The summed E-state index contributed by atoms with van der Waals surface area (Å²) in [5.74, 6) is 0.284. The van der Waals surface area contributed by atoms with E-state index in [0.717, 1.165) is 48.3 Å². The molecule has 1 aliphatic heterocycles. The minimum absolute atomic E-state index is 0.225. The highest BCUT2D eigenvalue weighted by Crippen LogP contribution is 2.29. The number of hydrogen-bond acceptors (Lipinski definition) is 7. The lowest BCUT2D eigenvalue weighted by atomic mass is 10.1. The number of likely N-dealkylation sites (N-methyl/N-ethyl adjacent to an activating group) is 1. The molecule has 1 aliphatic rings. The largest absolute Gasteiger partial charge is 0.369 e. The zero-order chi connectivity index (χ0) is 25.1. The summed E-state index contributed by atoms with van der Waals surface area (Å²) in [6, 6.07) is 17.9. The van der Waals surface area contributed by atoms with E-state index in [9.17, 15) is 4.79 Å². The summed E-state index contributed by atoms with van der Waals surface area (Å²) < 4.78 is 0. The van der Waals surface area contributed by atoms with Crippen LogP contribution in [0.3, 0.4) is 0 Å². The lowest BCUT2D eigenvalue weighted by Gasteiger charge is -2.34. The number of carbonyl (C=O) groups is 1. The second-order valence-corrected chi connectivity index (χ2v) is 9.06. The number of carbonyl (C=O) groups excluding carboxylic acids is 1. The molecule has 8 heteroatoms. The van der Waals surface area contributed by atoms with Crippen molar-refractivity contribution >= 4 is 39.8 Å². The second-order valence-electron chi connectivity index (χ2n) is 9.06. The maximum atomic E-state index is 12.1. The minimum atomic E-state index is -0.225. The van der Waals surface area contributed by atoms with Crippen LogP contribution in [0.15, 0.2) is 79.1 Å². The molecule has 2 aromatic carbocycles. The van der Waals surface area contributed by atoms with Gasteiger partial charge in [0, 0.05) is 72.2 Å². The molecule has 0 aliphatic carbocycles. The summed E-state index contributed by atoms with van der Waals surface area (Å²) in [6.45, 7) is 9.58. The smallest absolute Gasteiger partial charge is 0.250 e. The van der Waals surface area contributed by atoms with E-state index >= 15 is 0 Å². The molecule has 5 rings (SSSR count). The van der Waals surface area contributed by atoms with Gasteiger partial charge in [0.2, 0.25) is 5.95 Å². The predicted molar refractivity (Wildman–Crippen MR) is 146 cm³/mol. The quantitative estimate of drug-likeness (QED) is 0.388. The second kappa shape index (κ2) is 10.1. The molecule has 2 aromatic heterocycles. The normalized spacial score (nSPS) is 14.0. The number of anilines is 4. The van der Waals surface area contributed by atoms with Gasteiger partial charge in [-0.05, 0) is 50.4 Å². The van der Waals surface area contributed by atoms with E-state index < -0.39 is 0 Å². The number of para-hydroxylation sites is 1. The number of nitrogens with one attached hydrogen (secondary N) is 2. The summed E-state index contributed by atoms with van der Waals surface area (Å²) >= 11 is 0. The van der Waals surface area contributed by atoms with Gasteiger partial charge in [0.25, 0.3) is 5.91 Å². The molecule has 1 saturated heterocycles. The van der Waals surface area contributed by atoms with Crippen LogP contribution in [0.2, 0.25) is 0 Å². The Balaban J connectivity index is 1.39. The third-order valence-electron chi connectivity index (χ3n) is 6.28. The number of amides is 1. The highest BCUT2D eigenvalue weighted by atomic mass is 16.1. The molecule has 0 radical (unpaired) electrons. The summed E-state index contributed by atoms with van der Waals surface area (Å²) in [5.41, 5.74) is 5.58. The van der Waals surface area contributed by atoms with Gasteiger partial charge in [-0.3, -0.25) is 9.78 Å². The molecule has 8 nitrogen and oxygen atoms in total. The topological polar surface area (TPSA) is 86.3 Å². The summed E-state index contributed by atoms with van der Waals surface area (Å²) in [6.07, 6.45) is 3.48. The molecule has 0 saturated carbocycles. The van der Waals surface area contributed by atoms with E-state index in [-0.39, 0.29) is 5.91 Å². The Morgan fingerprint density at radius 1 is 0.972 bits per heavy atom. The average Bonchev–Trinajstić information content (AvgIpc) is 2.89. The van der Waals surface area contributed by atoms with Crippen molar-refractivity contribution in [1.29, 1.82) is 0 Å². The molecule has 0 spiro atoms. The van der Waals surface area contributed by atoms with Gasteiger partial charge in [0.05, 0.1) is 11.2 Å². The van der Waals surface area contributed by atoms with Crippen LogP contribution in [0.1, 0.15) is 6.92 Å². The van der Waals surface area contributed by atoms with E-state index in [4.69, 9.17) is 4.98 Å². The molecule has 2 N–H and O–H groups in total. The highest BCUT2D eigenvalue weighted by Gasteiger charge is 2.14. The van der Waals surface area contributed by atoms with E-state index in [1.165, 1.54) is 5.69 Å². The lowest BCUT2D eigenvalue weighted by Crippen LogP contribution is -2.44. The monoisotopic (exact) mass is 479 g/mol. The van der Waals surface area contributed by atoms with Crippen molar-refractivity contribution < 1.29 is 4.79 Å². The van der Waals surface area contributed by atoms with Crippen molar-refractivity contribution in [1.82, 2.24) is 19.9 Å². The maximum Gasteiger partial charge on any atom is 0.250 e. The van der Waals surface area contributed by atoms with Crippen molar-refractivity contribution in [3.8, 4) is 11.3 Å². The zero-order valence-electron chi connectivity index (χ0n) is 20.5. The Bertz CT molecular complexity index is 1410. The van der Waals surface area contributed by atoms with E-state index in [2.05, 4.69) is 68.3 Å². The number of aromatic nitrogens is 3. The fraction of sp³-hybridized carbons (Fsp3) is 0.214. The highest BCUT2D eigenvalue weighted by molar-refractivity contribution is 6.03. The Morgan fingerprint density at radius 3 is 2.50 bits per heavy atom. The molecule has 1 amide bonds. The van der Waals surface area contributed by atoms with E-state index in [0.29, 0.717) is 22.9 Å². The lowest BCUT2D eigenvalue weighted by molar-refractivity contribution is -0.112. The molecule has 0 bridgehead atoms. The van der Waals surface area contributed by atoms with Crippen molar-refractivity contribution in [2.24, 2.45) is 0 Å². The number of fused-ring (bicyclic) bond motifs is 1. The first-order valence-electron chi connectivity index (χ1n) is 12.0. The molecular weight excluding hydrogens is 450 g/mol. The van der Waals surface area contributed by atoms with Crippen molar-refractivity contribution in [3.63, 3.8) is 0 Å². The van der Waals surface area contributed by atoms with Gasteiger partial charge in [-0.2, -0.15) is 0 Å². The van der Waals surface area contributed by atoms with Gasteiger partial charge >= 0.3 is 0 Å². The SMILES string of the molecule is C=C(C)C(=O)Nc1ccnc(-c2cccc3cnc(Nc4ccc(N5CCN(C)CC5)cc4)nc23)c1. The van der Waals surface area contributed by atoms with Gasteiger partial charge in [-0.25, -0.2) is 9.97 Å². The van der Waals surface area contributed by atoms with Gasteiger partial charge in [0.15, 0.2) is 0 Å². The minimum Gasteiger partial charge on any atom is -0.369 e. The molecule has 182 valence electrons. The molecule has 36 heavy (non-hydrogen) atoms. The maximum absolute atomic E-state index is 12.1. The van der Waals surface area contributed by atoms with Crippen LogP contribution in [0.4, 0.5) is 23.0 Å². The first-order chi connectivity index (χ1) is 17.5. The van der Waals surface area contributed by atoms with Crippen LogP contribution in [0.25, 0.3) is 22.2 Å². The number of piperazine rings is 1. The van der Waals surface area contributed by atoms with Crippen LogP contribution in [0, 0.1) is 0 Å². The first kappa shape index (κ1) is 23.4. The zero-order valence-corrected chi connectivity index (χ0v) is 20.5. The summed E-state index contributed by atoms with van der Waals surface area (Å²) in [7, 11) is 2.16. The van der Waals surface area contributed by atoms with Crippen LogP contribution < -0.4 is 15.5 Å². The fourth-order valence-electron chi connectivity index (χ4n) is 4.17. The number of nitrogens with zero attached hydrogens (tertiary/aromatic N) is 5. The third kappa shape index (κ3) is 5.18. The fourth-order valence-corrected chi connectivity index (χ4v) is 4.17. The van der Waals surface area contributed by atoms with E-state index in [1.54, 1.807) is 25.4 Å². The predicted octanol–water partition coefficient (Wildman–Crippen LogP) is 4.70. The molecule has 3 heterocycles. The van der Waals surface area contributed by atoms with Crippen LogP contribution in [-0.2, 0) is 4.79 Å². The summed E-state index contributed by atoms with van der Waals surface area (Å²) in [4.78, 5) is 30.6.